The lowest BCUT2D eigenvalue weighted by Crippen LogP contribution is -2.40. The van der Waals surface area contributed by atoms with Gasteiger partial charge < -0.3 is 14.6 Å². The van der Waals surface area contributed by atoms with Crippen LogP contribution in [-0.4, -0.2) is 67.6 Å². The number of ether oxygens (including phenoxy) is 2. The Hall–Kier alpha value is -4.10. The van der Waals surface area contributed by atoms with Crippen LogP contribution in [0.25, 0.3) is 22.4 Å². The maximum absolute atomic E-state index is 12.9. The summed E-state index contributed by atoms with van der Waals surface area (Å²) in [4.78, 5) is 29.3. The van der Waals surface area contributed by atoms with Gasteiger partial charge in [-0.2, -0.15) is 4.31 Å². The molecule has 5 rings (SSSR count). The topological polar surface area (TPSA) is 135 Å². The van der Waals surface area contributed by atoms with Crippen LogP contribution < -0.4 is 5.32 Å². The predicted molar refractivity (Wildman–Crippen MR) is 150 cm³/mol. The van der Waals surface area contributed by atoms with Gasteiger partial charge in [0, 0.05) is 24.0 Å². The number of hydrogen-bond donors (Lipinski definition) is 2. The molecule has 40 heavy (non-hydrogen) atoms. The normalized spacial score (nSPS) is 14.0. The van der Waals surface area contributed by atoms with Gasteiger partial charge in [-0.15, -0.1) is 11.3 Å². The Kier molecular flexibility index (Phi) is 8.21. The molecule has 2 heterocycles. The number of phenols is 1. The SMILES string of the molecule is O=C(COC(=O)c1cc(S(=O)(=O)N2CCOCC2)ccc1O)Nc1nc(-c2ccc(-c3ccccc3)cc2)cs1. The lowest BCUT2D eigenvalue weighted by molar-refractivity contribution is -0.119. The third-order valence-corrected chi connectivity index (χ3v) is 8.82. The van der Waals surface area contributed by atoms with E-state index in [-0.39, 0.29) is 36.8 Å². The summed E-state index contributed by atoms with van der Waals surface area (Å²) in [6.45, 7) is 0.242. The van der Waals surface area contributed by atoms with E-state index < -0.39 is 34.3 Å². The molecule has 2 N–H and O–H groups in total. The van der Waals surface area contributed by atoms with Crippen LogP contribution in [0.2, 0.25) is 0 Å². The fourth-order valence-electron chi connectivity index (χ4n) is 4.07. The second-order valence-corrected chi connectivity index (χ2v) is 11.6. The van der Waals surface area contributed by atoms with Crippen molar-refractivity contribution in [2.75, 3.05) is 38.2 Å². The van der Waals surface area contributed by atoms with Crippen molar-refractivity contribution in [2.45, 2.75) is 4.90 Å². The number of esters is 1. The zero-order valence-electron chi connectivity index (χ0n) is 21.1. The number of carbonyl (C=O) groups excluding carboxylic acids is 2. The van der Waals surface area contributed by atoms with Gasteiger partial charge in [-0.3, -0.25) is 10.1 Å². The minimum atomic E-state index is -3.90. The summed E-state index contributed by atoms with van der Waals surface area (Å²) < 4.78 is 37.3. The summed E-state index contributed by atoms with van der Waals surface area (Å²) in [6.07, 6.45) is 0. The van der Waals surface area contributed by atoms with Gasteiger partial charge >= 0.3 is 5.97 Å². The van der Waals surface area contributed by atoms with Crippen molar-refractivity contribution in [3.05, 3.63) is 83.7 Å². The summed E-state index contributed by atoms with van der Waals surface area (Å²) in [7, 11) is -3.90. The van der Waals surface area contributed by atoms with Crippen LogP contribution in [-0.2, 0) is 24.3 Å². The molecule has 12 heteroatoms. The van der Waals surface area contributed by atoms with Crippen LogP contribution in [0.3, 0.4) is 0 Å². The van der Waals surface area contributed by atoms with E-state index in [0.717, 1.165) is 28.8 Å². The first kappa shape index (κ1) is 27.5. The second-order valence-electron chi connectivity index (χ2n) is 8.80. The fraction of sp³-hybridized carbons (Fsp3) is 0.179. The van der Waals surface area contributed by atoms with Gasteiger partial charge in [0.25, 0.3) is 5.91 Å². The van der Waals surface area contributed by atoms with E-state index in [2.05, 4.69) is 10.3 Å². The van der Waals surface area contributed by atoms with Gasteiger partial charge in [0.1, 0.15) is 11.3 Å². The molecule has 1 saturated heterocycles. The number of thiazole rings is 1. The van der Waals surface area contributed by atoms with Gasteiger partial charge in [0.2, 0.25) is 10.0 Å². The van der Waals surface area contributed by atoms with E-state index in [1.165, 1.54) is 21.7 Å². The number of hydrogen-bond acceptors (Lipinski definition) is 9. The number of benzene rings is 3. The molecule has 10 nitrogen and oxygen atoms in total. The first-order chi connectivity index (χ1) is 19.3. The zero-order chi connectivity index (χ0) is 28.1. The fourth-order valence-corrected chi connectivity index (χ4v) is 6.24. The Bertz CT molecular complexity index is 1620. The number of amides is 1. The maximum atomic E-state index is 12.9. The largest absolute Gasteiger partial charge is 0.507 e. The summed E-state index contributed by atoms with van der Waals surface area (Å²) in [5.41, 5.74) is 3.38. The van der Waals surface area contributed by atoms with Crippen molar-refractivity contribution in [1.82, 2.24) is 9.29 Å². The number of morpholine rings is 1. The van der Waals surface area contributed by atoms with Crippen LogP contribution in [0.15, 0.2) is 83.1 Å². The number of phenolic OH excluding ortho intramolecular Hbond substituents is 1. The van der Waals surface area contributed by atoms with Crippen LogP contribution in [0, 0.1) is 0 Å². The molecule has 0 bridgehead atoms. The molecule has 0 atom stereocenters. The van der Waals surface area contributed by atoms with Gasteiger partial charge in [-0.1, -0.05) is 54.6 Å². The van der Waals surface area contributed by atoms with Gasteiger partial charge in [-0.25, -0.2) is 18.2 Å². The molecule has 1 aliphatic heterocycles. The minimum Gasteiger partial charge on any atom is -0.507 e. The quantitative estimate of drug-likeness (QED) is 0.299. The molecular formula is C28H25N3O7S2. The van der Waals surface area contributed by atoms with Crippen molar-refractivity contribution < 1.29 is 32.6 Å². The highest BCUT2D eigenvalue weighted by molar-refractivity contribution is 7.89. The Morgan fingerprint density at radius 2 is 1.65 bits per heavy atom. The highest BCUT2D eigenvalue weighted by Gasteiger charge is 2.28. The van der Waals surface area contributed by atoms with Crippen molar-refractivity contribution in [2.24, 2.45) is 0 Å². The van der Waals surface area contributed by atoms with E-state index >= 15 is 0 Å². The first-order valence-corrected chi connectivity index (χ1v) is 14.6. The Balaban J connectivity index is 1.19. The number of nitrogens with one attached hydrogen (secondary N) is 1. The number of anilines is 1. The molecule has 3 aromatic carbocycles. The van der Waals surface area contributed by atoms with Gasteiger partial charge in [0.05, 0.1) is 23.8 Å². The van der Waals surface area contributed by atoms with Crippen LogP contribution in [0.4, 0.5) is 5.13 Å². The van der Waals surface area contributed by atoms with E-state index in [9.17, 15) is 23.1 Å². The highest BCUT2D eigenvalue weighted by Crippen LogP contribution is 2.28. The van der Waals surface area contributed by atoms with Crippen molar-refractivity contribution in [3.63, 3.8) is 0 Å². The van der Waals surface area contributed by atoms with Crippen LogP contribution >= 0.6 is 11.3 Å². The summed E-state index contributed by atoms with van der Waals surface area (Å²) >= 11 is 1.22. The third kappa shape index (κ3) is 6.20. The zero-order valence-corrected chi connectivity index (χ0v) is 22.8. The molecule has 0 radical (unpaired) electrons. The van der Waals surface area contributed by atoms with E-state index in [1.807, 2.05) is 54.6 Å². The molecule has 206 valence electrons. The van der Waals surface area contributed by atoms with E-state index in [0.29, 0.717) is 10.8 Å². The van der Waals surface area contributed by atoms with Gasteiger partial charge in [0.15, 0.2) is 11.7 Å². The standard InChI is InChI=1S/C28H25N3O7S2/c32-25-11-10-22(40(35,36)31-12-14-37-15-13-31)16-23(25)27(34)38-17-26(33)30-28-29-24(18-39-28)21-8-6-20(7-9-21)19-4-2-1-3-5-19/h1-11,16,18,32H,12-15,17H2,(H,29,30,33). The van der Waals surface area contributed by atoms with Crippen molar-refractivity contribution in [3.8, 4) is 28.1 Å². The van der Waals surface area contributed by atoms with Crippen molar-refractivity contribution in [1.29, 1.82) is 0 Å². The number of sulfonamides is 1. The molecule has 1 aromatic heterocycles. The van der Waals surface area contributed by atoms with E-state index in [4.69, 9.17) is 9.47 Å². The number of nitrogens with zero attached hydrogens (tertiary/aromatic N) is 2. The maximum Gasteiger partial charge on any atom is 0.342 e. The Labute approximate surface area is 234 Å². The molecule has 0 saturated carbocycles. The Morgan fingerprint density at radius 3 is 2.38 bits per heavy atom. The first-order valence-electron chi connectivity index (χ1n) is 12.3. The smallest absolute Gasteiger partial charge is 0.342 e. The molecule has 0 aliphatic carbocycles. The third-order valence-electron chi connectivity index (χ3n) is 6.17. The predicted octanol–water partition coefficient (Wildman–Crippen LogP) is 4.00. The Morgan fingerprint density at radius 1 is 0.975 bits per heavy atom. The number of aromatic hydroxyl groups is 1. The number of aromatic nitrogens is 1. The molecule has 0 unspecified atom stereocenters. The van der Waals surface area contributed by atoms with Gasteiger partial charge in [-0.05, 0) is 29.3 Å². The monoisotopic (exact) mass is 579 g/mol. The number of rotatable bonds is 8. The summed E-state index contributed by atoms with van der Waals surface area (Å²) in [5.74, 6) is -2.13. The number of carbonyl (C=O) groups is 2. The minimum absolute atomic E-state index is 0.171. The molecule has 1 fully saturated rings. The molecule has 4 aromatic rings. The average molecular weight is 580 g/mol. The van der Waals surface area contributed by atoms with Crippen LogP contribution in [0.5, 0.6) is 5.75 Å². The molecule has 1 aliphatic rings. The molecule has 0 spiro atoms. The lowest BCUT2D eigenvalue weighted by Gasteiger charge is -2.26. The molecular weight excluding hydrogens is 554 g/mol. The lowest BCUT2D eigenvalue weighted by atomic mass is 10.0. The second kappa shape index (κ2) is 12.0. The van der Waals surface area contributed by atoms with Crippen LogP contribution in [0.1, 0.15) is 10.4 Å². The summed E-state index contributed by atoms with van der Waals surface area (Å²) in [5, 5.41) is 14.8. The highest BCUT2D eigenvalue weighted by atomic mass is 32.2. The molecule has 1 amide bonds. The summed E-state index contributed by atoms with van der Waals surface area (Å²) in [6, 6.07) is 21.2. The average Bonchev–Trinajstić information content (AvgIpc) is 3.45. The van der Waals surface area contributed by atoms with Crippen molar-refractivity contribution >= 4 is 38.4 Å². The van der Waals surface area contributed by atoms with E-state index in [1.54, 1.807) is 5.38 Å².